The van der Waals surface area contributed by atoms with Crippen molar-refractivity contribution in [2.75, 3.05) is 39.3 Å². The Hall–Kier alpha value is -0.580. The van der Waals surface area contributed by atoms with Gasteiger partial charge in [-0.1, -0.05) is 28.9 Å². The van der Waals surface area contributed by atoms with Crippen molar-refractivity contribution in [3.63, 3.8) is 0 Å². The molecule has 0 amide bonds. The molecule has 0 aromatic heterocycles. The maximum absolute atomic E-state index is 5.81. The van der Waals surface area contributed by atoms with Crippen LogP contribution in [0.1, 0.15) is 26.2 Å². The molecule has 1 heterocycles. The van der Waals surface area contributed by atoms with Gasteiger partial charge in [-0.25, -0.2) is 0 Å². The number of rotatable bonds is 8. The summed E-state index contributed by atoms with van der Waals surface area (Å²) in [5.74, 6) is 1.81. The van der Waals surface area contributed by atoms with Crippen molar-refractivity contribution in [1.82, 2.24) is 10.2 Å². The van der Waals surface area contributed by atoms with E-state index in [0.717, 1.165) is 35.8 Å². The molecule has 0 saturated carbocycles. The molecule has 21 heavy (non-hydrogen) atoms. The van der Waals surface area contributed by atoms with Crippen LogP contribution in [0.25, 0.3) is 0 Å². The highest BCUT2D eigenvalue weighted by atomic mass is 79.9. The minimum absolute atomic E-state index is 0.773. The van der Waals surface area contributed by atoms with Crippen LogP contribution in [0, 0.1) is 5.92 Å². The molecule has 118 valence electrons. The van der Waals surface area contributed by atoms with E-state index in [1.807, 2.05) is 24.3 Å². The van der Waals surface area contributed by atoms with Crippen LogP contribution in [0.3, 0.4) is 0 Å². The Morgan fingerprint density at radius 2 is 2.14 bits per heavy atom. The summed E-state index contributed by atoms with van der Waals surface area (Å²) in [6, 6.07) is 8.06. The van der Waals surface area contributed by atoms with E-state index >= 15 is 0 Å². The number of piperidine rings is 1. The summed E-state index contributed by atoms with van der Waals surface area (Å²) in [6.07, 6.45) is 3.85. The van der Waals surface area contributed by atoms with Gasteiger partial charge in [0, 0.05) is 11.0 Å². The van der Waals surface area contributed by atoms with Crippen molar-refractivity contribution in [1.29, 1.82) is 0 Å². The zero-order chi connectivity index (χ0) is 14.9. The van der Waals surface area contributed by atoms with E-state index in [4.69, 9.17) is 4.74 Å². The molecule has 2 rings (SSSR count). The molecule has 1 saturated heterocycles. The van der Waals surface area contributed by atoms with Crippen molar-refractivity contribution >= 4 is 15.9 Å². The number of halogens is 1. The molecule has 1 aliphatic heterocycles. The summed E-state index contributed by atoms with van der Waals surface area (Å²) in [5, 5.41) is 3.54. The van der Waals surface area contributed by atoms with Gasteiger partial charge in [-0.3, -0.25) is 4.90 Å². The van der Waals surface area contributed by atoms with Crippen molar-refractivity contribution in [3.05, 3.63) is 28.7 Å². The van der Waals surface area contributed by atoms with Crippen LogP contribution in [0.4, 0.5) is 0 Å². The third-order valence-electron chi connectivity index (χ3n) is 4.04. The van der Waals surface area contributed by atoms with E-state index in [9.17, 15) is 0 Å². The van der Waals surface area contributed by atoms with Crippen LogP contribution in [-0.2, 0) is 0 Å². The highest BCUT2D eigenvalue weighted by Crippen LogP contribution is 2.19. The van der Waals surface area contributed by atoms with Crippen molar-refractivity contribution in [2.45, 2.75) is 26.2 Å². The van der Waals surface area contributed by atoms with Gasteiger partial charge in [-0.2, -0.15) is 0 Å². The van der Waals surface area contributed by atoms with Crippen molar-refractivity contribution in [2.24, 2.45) is 5.92 Å². The Morgan fingerprint density at radius 1 is 1.33 bits per heavy atom. The zero-order valence-electron chi connectivity index (χ0n) is 13.0. The molecule has 1 aromatic rings. The van der Waals surface area contributed by atoms with Crippen molar-refractivity contribution < 1.29 is 4.74 Å². The lowest BCUT2D eigenvalue weighted by Gasteiger charge is -2.31. The Kier molecular flexibility index (Phi) is 7.54. The first-order valence-electron chi connectivity index (χ1n) is 8.09. The van der Waals surface area contributed by atoms with E-state index < -0.39 is 0 Å². The molecule has 1 fully saturated rings. The molecule has 0 bridgehead atoms. The molecule has 4 heteroatoms. The van der Waals surface area contributed by atoms with Crippen LogP contribution in [0.15, 0.2) is 28.7 Å². The molecular weight excluding hydrogens is 328 g/mol. The van der Waals surface area contributed by atoms with Gasteiger partial charge in [0.15, 0.2) is 0 Å². The highest BCUT2D eigenvalue weighted by Gasteiger charge is 2.18. The molecule has 0 unspecified atom stereocenters. The topological polar surface area (TPSA) is 24.5 Å². The van der Waals surface area contributed by atoms with Gasteiger partial charge in [-0.15, -0.1) is 0 Å². The minimum Gasteiger partial charge on any atom is -0.492 e. The quantitative estimate of drug-likeness (QED) is 0.722. The Labute approximate surface area is 137 Å². The van der Waals surface area contributed by atoms with Gasteiger partial charge in [0.25, 0.3) is 0 Å². The summed E-state index contributed by atoms with van der Waals surface area (Å²) < 4.78 is 6.88. The summed E-state index contributed by atoms with van der Waals surface area (Å²) in [5.41, 5.74) is 0. The molecule has 0 aliphatic carbocycles. The minimum atomic E-state index is 0.773. The van der Waals surface area contributed by atoms with Gasteiger partial charge in [-0.05, 0) is 69.6 Å². The van der Waals surface area contributed by atoms with Gasteiger partial charge in [0.05, 0.1) is 0 Å². The lowest BCUT2D eigenvalue weighted by atomic mass is 9.97. The average Bonchev–Trinajstić information content (AvgIpc) is 2.49. The van der Waals surface area contributed by atoms with Crippen molar-refractivity contribution in [3.8, 4) is 5.75 Å². The smallest absolute Gasteiger partial charge is 0.120 e. The SMILES string of the molecule is CCCNCC1CCN(CCOc2cccc(Br)c2)CC1. The van der Waals surface area contributed by atoms with E-state index in [2.05, 4.69) is 33.1 Å². The second-order valence-corrected chi connectivity index (χ2v) is 6.71. The molecular formula is C17H27BrN2O. The molecule has 1 aliphatic rings. The molecule has 1 N–H and O–H groups in total. The number of hydrogen-bond donors (Lipinski definition) is 1. The third-order valence-corrected chi connectivity index (χ3v) is 4.53. The van der Waals surface area contributed by atoms with E-state index in [1.165, 1.54) is 38.9 Å². The first kappa shape index (κ1) is 16.8. The maximum atomic E-state index is 5.81. The normalized spacial score (nSPS) is 17.0. The van der Waals surface area contributed by atoms with E-state index in [0.29, 0.717) is 0 Å². The van der Waals surface area contributed by atoms with E-state index in [1.54, 1.807) is 0 Å². The largest absolute Gasteiger partial charge is 0.492 e. The maximum Gasteiger partial charge on any atom is 0.120 e. The number of likely N-dealkylation sites (tertiary alicyclic amines) is 1. The van der Waals surface area contributed by atoms with E-state index in [-0.39, 0.29) is 0 Å². The Morgan fingerprint density at radius 3 is 2.86 bits per heavy atom. The van der Waals surface area contributed by atoms with Crippen LogP contribution >= 0.6 is 15.9 Å². The third kappa shape index (κ3) is 6.37. The predicted molar refractivity (Wildman–Crippen MR) is 92.0 cm³/mol. The summed E-state index contributed by atoms with van der Waals surface area (Å²) in [7, 11) is 0. The summed E-state index contributed by atoms with van der Waals surface area (Å²) >= 11 is 3.47. The number of nitrogens with one attached hydrogen (secondary N) is 1. The monoisotopic (exact) mass is 354 g/mol. The number of hydrogen-bond acceptors (Lipinski definition) is 3. The first-order chi connectivity index (χ1) is 10.3. The molecule has 0 radical (unpaired) electrons. The summed E-state index contributed by atoms with van der Waals surface area (Å²) in [4.78, 5) is 2.52. The predicted octanol–water partition coefficient (Wildman–Crippen LogP) is 3.54. The van der Waals surface area contributed by atoms with Crippen LogP contribution in [-0.4, -0.2) is 44.2 Å². The van der Waals surface area contributed by atoms with Gasteiger partial charge in [0.2, 0.25) is 0 Å². The number of nitrogens with zero attached hydrogens (tertiary/aromatic N) is 1. The first-order valence-corrected chi connectivity index (χ1v) is 8.88. The fourth-order valence-electron chi connectivity index (χ4n) is 2.75. The Bertz CT molecular complexity index is 406. The molecule has 0 spiro atoms. The standard InChI is InChI=1S/C17H27BrN2O/c1-2-8-19-14-15-6-9-20(10-7-15)11-12-21-17-5-3-4-16(18)13-17/h3-5,13,15,19H,2,6-12,14H2,1H3. The van der Waals surface area contributed by atoms with Crippen LogP contribution in [0.2, 0.25) is 0 Å². The highest BCUT2D eigenvalue weighted by molar-refractivity contribution is 9.10. The lowest BCUT2D eigenvalue weighted by Crippen LogP contribution is -2.39. The van der Waals surface area contributed by atoms with Crippen LogP contribution in [0.5, 0.6) is 5.75 Å². The van der Waals surface area contributed by atoms with Gasteiger partial charge < -0.3 is 10.1 Å². The van der Waals surface area contributed by atoms with Crippen LogP contribution < -0.4 is 10.1 Å². The molecule has 3 nitrogen and oxygen atoms in total. The number of ether oxygens (including phenoxy) is 1. The number of benzene rings is 1. The fraction of sp³-hybridized carbons (Fsp3) is 0.647. The molecule has 1 aromatic carbocycles. The zero-order valence-corrected chi connectivity index (χ0v) is 14.6. The fourth-order valence-corrected chi connectivity index (χ4v) is 3.12. The average molecular weight is 355 g/mol. The molecule has 0 atom stereocenters. The summed E-state index contributed by atoms with van der Waals surface area (Å²) in [6.45, 7) is 8.79. The second kappa shape index (κ2) is 9.44. The van der Waals surface area contributed by atoms with Gasteiger partial charge in [0.1, 0.15) is 12.4 Å². The lowest BCUT2D eigenvalue weighted by molar-refractivity contribution is 0.154. The Balaban J connectivity index is 1.58. The second-order valence-electron chi connectivity index (χ2n) is 5.79. The van der Waals surface area contributed by atoms with Gasteiger partial charge >= 0.3 is 0 Å².